The van der Waals surface area contributed by atoms with Gasteiger partial charge in [-0.3, -0.25) is 24.0 Å². The fraction of sp³-hybridized carbons (Fsp3) is 0.922. The molecule has 9 aliphatic heterocycles. The molecule has 9 aliphatic rings. The minimum atomic E-state index is -2.51. The van der Waals surface area contributed by atoms with Crippen molar-refractivity contribution in [3.8, 4) is 0 Å². The van der Waals surface area contributed by atoms with Gasteiger partial charge in [0.1, 0.15) is 213 Å². The summed E-state index contributed by atoms with van der Waals surface area (Å²) in [6, 6.07) is -9.00. The largest absolute Gasteiger partial charge is 0.394 e. The van der Waals surface area contributed by atoms with Crippen molar-refractivity contribution in [3.63, 3.8) is 0 Å². The molecule has 0 aromatic heterocycles. The second kappa shape index (κ2) is 40.9. The molecule has 5 amide bonds. The molecule has 1 unspecified atom stereocenters. The van der Waals surface area contributed by atoms with Gasteiger partial charge in [-0.25, -0.2) is 0 Å². The minimum absolute atomic E-state index is 0.771. The number of amides is 5. The number of hydrogen-bond donors (Lipinski definition) is 28. The van der Waals surface area contributed by atoms with Gasteiger partial charge in [-0.2, -0.15) is 0 Å². The lowest BCUT2D eigenvalue weighted by Gasteiger charge is -2.51. The van der Waals surface area contributed by atoms with Crippen LogP contribution < -0.4 is 26.6 Å². The number of aliphatic hydroxyl groups excluding tert-OH is 23. The average Bonchev–Trinajstić information content (AvgIpc) is 0.768. The van der Waals surface area contributed by atoms with Gasteiger partial charge < -0.3 is 225 Å². The summed E-state index contributed by atoms with van der Waals surface area (Å²) >= 11 is 0. The highest BCUT2D eigenvalue weighted by Crippen LogP contribution is 2.39. The number of carbonyl (C=O) groups excluding carboxylic acids is 5. The van der Waals surface area contributed by atoms with Crippen LogP contribution in [-0.4, -0.2) is 476 Å². The van der Waals surface area contributed by atoms with E-state index in [1.165, 1.54) is 6.92 Å². The van der Waals surface area contributed by atoms with Gasteiger partial charge in [0, 0.05) is 34.6 Å². The van der Waals surface area contributed by atoms with Crippen molar-refractivity contribution >= 4 is 29.5 Å². The molecule has 9 saturated heterocycles. The molecule has 0 aromatic carbocycles. The lowest BCUT2D eigenvalue weighted by atomic mass is 9.93. The zero-order valence-electron chi connectivity index (χ0n) is 61.9. The molecule has 658 valence electrons. The topological polar surface area (TPSA) is 768 Å². The van der Waals surface area contributed by atoms with E-state index in [2.05, 4.69) is 26.6 Å². The van der Waals surface area contributed by atoms with Crippen LogP contribution in [0.4, 0.5) is 0 Å². The van der Waals surface area contributed by atoms with Crippen molar-refractivity contribution < 1.29 is 222 Å². The first-order chi connectivity index (χ1) is 53.8. The molecule has 114 heavy (non-hydrogen) atoms. The molecule has 0 aromatic rings. The summed E-state index contributed by atoms with van der Waals surface area (Å²) in [5.74, 6) is -4.40. The summed E-state index contributed by atoms with van der Waals surface area (Å²) in [7, 11) is 0. The molecule has 50 heteroatoms. The highest BCUT2D eigenvalue weighted by atomic mass is 16.8. The molecule has 0 aliphatic carbocycles. The first-order valence-corrected chi connectivity index (χ1v) is 36.5. The van der Waals surface area contributed by atoms with E-state index in [9.17, 15) is 141 Å². The van der Waals surface area contributed by atoms with Gasteiger partial charge in [-0.05, 0) is 6.92 Å². The fourth-order valence-electron chi connectivity index (χ4n) is 14.7. The Kier molecular flexibility index (Phi) is 33.6. The van der Waals surface area contributed by atoms with Crippen molar-refractivity contribution in [3.05, 3.63) is 0 Å². The molecule has 9 heterocycles. The molecule has 9 rings (SSSR count). The first-order valence-electron chi connectivity index (χ1n) is 36.5. The van der Waals surface area contributed by atoms with Crippen molar-refractivity contribution in [2.24, 2.45) is 0 Å². The lowest BCUT2D eigenvalue weighted by molar-refractivity contribution is -0.387. The number of ether oxygens (including phenoxy) is 17. The predicted octanol–water partition coefficient (Wildman–Crippen LogP) is -18.9. The predicted molar refractivity (Wildman–Crippen MR) is 354 cm³/mol. The summed E-state index contributed by atoms with van der Waals surface area (Å²) in [6.45, 7) is -2.10. The van der Waals surface area contributed by atoms with Crippen molar-refractivity contribution in [2.75, 3.05) is 52.9 Å². The third-order valence-electron chi connectivity index (χ3n) is 20.7. The van der Waals surface area contributed by atoms with Crippen LogP contribution in [-0.2, 0) is 104 Å². The van der Waals surface area contributed by atoms with Gasteiger partial charge >= 0.3 is 0 Å². The van der Waals surface area contributed by atoms with Crippen LogP contribution in [0.3, 0.4) is 0 Å². The van der Waals surface area contributed by atoms with Gasteiger partial charge in [0.25, 0.3) is 0 Å². The van der Waals surface area contributed by atoms with Crippen LogP contribution in [0.1, 0.15) is 41.5 Å². The number of rotatable bonds is 29. The molecular weight excluding hydrogens is 1560 g/mol. The van der Waals surface area contributed by atoms with Gasteiger partial charge in [0.05, 0.1) is 59.0 Å². The van der Waals surface area contributed by atoms with Gasteiger partial charge in [0.2, 0.25) is 29.5 Å². The molecule has 45 atom stereocenters. The van der Waals surface area contributed by atoms with Gasteiger partial charge in [0.15, 0.2) is 56.6 Å². The normalized spacial score (nSPS) is 48.2. The van der Waals surface area contributed by atoms with Crippen LogP contribution in [0.5, 0.6) is 0 Å². The van der Waals surface area contributed by atoms with Gasteiger partial charge in [-0.1, -0.05) is 0 Å². The van der Waals surface area contributed by atoms with E-state index in [0.717, 1.165) is 34.6 Å². The van der Waals surface area contributed by atoms with E-state index in [0.29, 0.717) is 0 Å². The third kappa shape index (κ3) is 21.0. The molecule has 0 bridgehead atoms. The summed E-state index contributed by atoms with van der Waals surface area (Å²) in [6.07, 6.45) is -79.5. The highest BCUT2D eigenvalue weighted by molar-refractivity contribution is 5.75. The van der Waals surface area contributed by atoms with Crippen LogP contribution in [0.2, 0.25) is 0 Å². The number of hydrogen-bond acceptors (Lipinski definition) is 45. The Bertz CT molecular complexity index is 3080. The van der Waals surface area contributed by atoms with Crippen LogP contribution in [0.25, 0.3) is 0 Å². The van der Waals surface area contributed by atoms with E-state index >= 15 is 0 Å². The van der Waals surface area contributed by atoms with Crippen LogP contribution in [0.15, 0.2) is 0 Å². The number of carbonyl (C=O) groups is 5. The Morgan fingerprint density at radius 3 is 1.01 bits per heavy atom. The van der Waals surface area contributed by atoms with Crippen LogP contribution in [0, 0.1) is 0 Å². The second-order valence-electron chi connectivity index (χ2n) is 28.9. The first kappa shape index (κ1) is 93.6. The van der Waals surface area contributed by atoms with Crippen molar-refractivity contribution in [2.45, 2.75) is 318 Å². The summed E-state index contributed by atoms with van der Waals surface area (Å²) in [5, 5.41) is 268. The summed E-state index contributed by atoms with van der Waals surface area (Å²) in [5.41, 5.74) is 0. The van der Waals surface area contributed by atoms with Crippen molar-refractivity contribution in [1.82, 2.24) is 26.6 Å². The van der Waals surface area contributed by atoms with E-state index in [1.54, 1.807) is 0 Å². The van der Waals surface area contributed by atoms with Crippen LogP contribution >= 0.6 is 0 Å². The maximum Gasteiger partial charge on any atom is 0.217 e. The van der Waals surface area contributed by atoms with E-state index in [1.807, 2.05) is 0 Å². The van der Waals surface area contributed by atoms with Gasteiger partial charge in [-0.15, -0.1) is 0 Å². The molecule has 0 spiro atoms. The Balaban J connectivity index is 1.01. The summed E-state index contributed by atoms with van der Waals surface area (Å²) < 4.78 is 101. The zero-order valence-corrected chi connectivity index (χ0v) is 61.9. The van der Waals surface area contributed by atoms with E-state index in [4.69, 9.17) is 80.5 Å². The highest BCUT2D eigenvalue weighted by Gasteiger charge is 2.61. The number of aliphatic hydroxyl groups is 23. The van der Waals surface area contributed by atoms with E-state index < -0.39 is 358 Å². The average molecular weight is 1670 g/mol. The molecule has 0 radical (unpaired) electrons. The molecule has 9 fully saturated rings. The molecular formula is C64H107N5O45. The third-order valence-corrected chi connectivity index (χ3v) is 20.7. The molecule has 28 N–H and O–H groups in total. The standard InChI is InChI=1S/C64H107N5O45/c1-15-34(81)44(91)47(94)61(100-15)114-55-45(92)37(84)23(9-72)104-64(55)111-51-24(10-73)105-58(31(42(51)89)67-18(4)78)99-14-28-39(86)54(49(96)63(108-28)112-53-33(69-20(6)80)56(97)101-27(38(53)85)13-98-57-29(65-16(2)76)40(87)35(82)21(7-70)102-57)113-60-32(68-19(5)79)43(90)50(25(11-74)106-60)110-62-48(95)46(93)52(26(12-75)107-62)109-59-30(66-17(3)77)41(88)36(83)22(8-71)103-59/h15,21-64,70-75,81-97H,7-14H2,1-6H3,(H,65,76)(H,66,77)(H,67,78)(H,68,79)(H,69,80)/t15-,21+,22+,23+,24+,25+,26+,27+,28+,29+,30+,31+,32+,33+,34+,35+,36+,37-,38-,39-,40+,41+,42+,43+,44+,45-,46+,47-,48+,49+,50+,51+,52-,53+,54-,55+,56?,57+,58+,59+,60-,61-,62-,63-,64-/m0/s1. The Morgan fingerprint density at radius 1 is 0.246 bits per heavy atom. The Morgan fingerprint density at radius 2 is 0.535 bits per heavy atom. The monoisotopic (exact) mass is 1670 g/mol. The van der Waals surface area contributed by atoms with Crippen molar-refractivity contribution in [1.29, 1.82) is 0 Å². The van der Waals surface area contributed by atoms with E-state index in [-0.39, 0.29) is 0 Å². The zero-order chi connectivity index (χ0) is 84.1. The fourth-order valence-corrected chi connectivity index (χ4v) is 14.7. The Labute approximate surface area is 646 Å². The quantitative estimate of drug-likeness (QED) is 0.0331. The number of nitrogens with one attached hydrogen (secondary N) is 5. The Hall–Kier alpha value is -4.25. The molecule has 50 nitrogen and oxygen atoms in total. The molecule has 0 saturated carbocycles. The second-order valence-corrected chi connectivity index (χ2v) is 28.9. The SMILES string of the molecule is CC(=O)N[C@H]1[C@H](O[C@H]2[C@@H](O)[C@@H](CO[C@@H]3O[C@H](CO)[C@@H](O[C@@H]4O[C@H](CO)[C@H](O)[C@H](O)[C@H]4O[C@@H]4O[C@@H](C)[C@@H](O)[C@@H](O)[C@@H]4O)[C@H](O)[C@H]3NC(C)=O)O[C@@H](O[C@H]3[C@@H](O)[C@@H](CO[C@@H]4O[C@H](CO)[C@@H](O)[C@H](O)[C@H]4NC(C)=O)OC(O)[C@@H]3NC(C)=O)[C@@H]2O)O[C@H](CO)[C@@H](O[C@@H]2O[C@H](CO)[C@H](O[C@H]3O[C@H](CO)[C@@H](O)[C@H](O)[C@H]3NC(C)=O)[C@H](O)[C@H]2O)[C@@H]1O. The summed E-state index contributed by atoms with van der Waals surface area (Å²) in [4.78, 5) is 63.6. The minimum Gasteiger partial charge on any atom is -0.394 e. The lowest BCUT2D eigenvalue weighted by Crippen LogP contribution is -2.71. The maximum absolute atomic E-state index is 13.2. The smallest absolute Gasteiger partial charge is 0.217 e. The maximum atomic E-state index is 13.2.